The zero-order valence-electron chi connectivity index (χ0n) is 21.0. The molecule has 2 N–H and O–H groups in total. The van der Waals surface area contributed by atoms with Crippen molar-refractivity contribution in [2.24, 2.45) is 0 Å². The van der Waals surface area contributed by atoms with Gasteiger partial charge in [0.2, 0.25) is 5.60 Å². The second-order valence-corrected chi connectivity index (χ2v) is 9.15. The molecule has 0 bridgehead atoms. The van der Waals surface area contributed by atoms with Gasteiger partial charge in [-0.05, 0) is 54.3 Å². The van der Waals surface area contributed by atoms with Gasteiger partial charge in [-0.25, -0.2) is 0 Å². The van der Waals surface area contributed by atoms with Gasteiger partial charge in [-0.3, -0.25) is 4.79 Å². The topological polar surface area (TPSA) is 67.8 Å². The number of amides is 1. The number of halogens is 9. The molecule has 0 saturated heterocycles. The molecule has 3 aromatic carbocycles. The maximum absolute atomic E-state index is 13.4. The molecule has 0 aliphatic rings. The number of alkyl halides is 9. The Balaban J connectivity index is 2.25. The summed E-state index contributed by atoms with van der Waals surface area (Å²) in [6.07, 6.45) is -15.9. The SMILES string of the molecule is C[C@](O)(C(=O)NCC(Cc1ccccc1)(c1cccc(OC(F)(F)F)c1)c1cccc(OC(F)(F)F)c1)C(F)(F)F. The minimum absolute atomic E-state index is 0.0702. The predicted octanol–water partition coefficient (Wildman–Crippen LogP) is 6.44. The van der Waals surface area contributed by atoms with E-state index < -0.39 is 53.9 Å². The number of rotatable bonds is 9. The molecule has 0 radical (unpaired) electrons. The van der Waals surface area contributed by atoms with Gasteiger partial charge in [-0.1, -0.05) is 54.6 Å². The first-order chi connectivity index (χ1) is 18.8. The van der Waals surface area contributed by atoms with Gasteiger partial charge in [-0.2, -0.15) is 13.2 Å². The zero-order valence-corrected chi connectivity index (χ0v) is 21.0. The van der Waals surface area contributed by atoms with E-state index in [0.717, 1.165) is 36.4 Å². The molecule has 0 aliphatic carbocycles. The Labute approximate surface area is 227 Å². The molecule has 0 heterocycles. The Bertz CT molecular complexity index is 1280. The number of ether oxygens (including phenoxy) is 2. The van der Waals surface area contributed by atoms with Crippen LogP contribution in [0.25, 0.3) is 0 Å². The van der Waals surface area contributed by atoms with Gasteiger partial charge >= 0.3 is 18.9 Å². The number of benzene rings is 3. The van der Waals surface area contributed by atoms with Crippen LogP contribution in [0, 0.1) is 0 Å². The molecule has 0 spiro atoms. The van der Waals surface area contributed by atoms with Crippen molar-refractivity contribution < 1.29 is 58.9 Å². The van der Waals surface area contributed by atoms with E-state index in [1.54, 1.807) is 30.3 Å². The second-order valence-electron chi connectivity index (χ2n) is 9.15. The van der Waals surface area contributed by atoms with Crippen molar-refractivity contribution in [2.45, 2.75) is 43.3 Å². The van der Waals surface area contributed by atoms with Crippen molar-refractivity contribution in [1.29, 1.82) is 0 Å². The minimum Gasteiger partial charge on any atom is -0.406 e. The van der Waals surface area contributed by atoms with Gasteiger partial charge < -0.3 is 19.9 Å². The number of carbonyl (C=O) groups excluding carboxylic acids is 1. The lowest BCUT2D eigenvalue weighted by Gasteiger charge is -2.37. The summed E-state index contributed by atoms with van der Waals surface area (Å²) in [5.41, 5.74) is -5.37. The molecule has 0 saturated carbocycles. The number of nitrogens with one attached hydrogen (secondary N) is 1. The molecule has 0 fully saturated rings. The quantitative estimate of drug-likeness (QED) is 0.280. The van der Waals surface area contributed by atoms with Crippen LogP contribution in [0.15, 0.2) is 78.9 Å². The molecule has 5 nitrogen and oxygen atoms in total. The normalized spacial score (nSPS) is 14.2. The van der Waals surface area contributed by atoms with Crippen LogP contribution in [0.1, 0.15) is 23.6 Å². The fourth-order valence-electron chi connectivity index (χ4n) is 4.10. The summed E-state index contributed by atoms with van der Waals surface area (Å²) >= 11 is 0. The Hall–Kier alpha value is -3.94. The second kappa shape index (κ2) is 11.5. The summed E-state index contributed by atoms with van der Waals surface area (Å²) in [5.74, 6) is -3.36. The van der Waals surface area contributed by atoms with Crippen molar-refractivity contribution in [1.82, 2.24) is 5.32 Å². The third-order valence-corrected chi connectivity index (χ3v) is 6.13. The third-order valence-electron chi connectivity index (χ3n) is 6.13. The smallest absolute Gasteiger partial charge is 0.406 e. The highest BCUT2D eigenvalue weighted by atomic mass is 19.4. The molecule has 41 heavy (non-hydrogen) atoms. The minimum atomic E-state index is -5.40. The summed E-state index contributed by atoms with van der Waals surface area (Å²) in [5, 5.41) is 11.9. The maximum Gasteiger partial charge on any atom is 0.573 e. The highest BCUT2D eigenvalue weighted by Crippen LogP contribution is 2.40. The monoisotopic (exact) mass is 595 g/mol. The van der Waals surface area contributed by atoms with Crippen LogP contribution in [0.5, 0.6) is 11.5 Å². The van der Waals surface area contributed by atoms with Crippen LogP contribution in [0.3, 0.4) is 0 Å². The third kappa shape index (κ3) is 8.06. The van der Waals surface area contributed by atoms with Gasteiger partial charge in [0.15, 0.2) is 0 Å². The molecule has 0 aliphatic heterocycles. The molecule has 0 aromatic heterocycles. The lowest BCUT2D eigenvalue weighted by Crippen LogP contribution is -2.57. The molecular formula is C27H22F9NO4. The lowest BCUT2D eigenvalue weighted by atomic mass is 9.70. The highest BCUT2D eigenvalue weighted by molar-refractivity contribution is 5.85. The largest absolute Gasteiger partial charge is 0.573 e. The zero-order chi connectivity index (χ0) is 30.7. The van der Waals surface area contributed by atoms with E-state index in [4.69, 9.17) is 0 Å². The Morgan fingerprint density at radius 1 is 0.732 bits per heavy atom. The van der Waals surface area contributed by atoms with Crippen LogP contribution >= 0.6 is 0 Å². The van der Waals surface area contributed by atoms with Crippen LogP contribution in [-0.4, -0.2) is 42.1 Å². The van der Waals surface area contributed by atoms with Crippen LogP contribution in [0.2, 0.25) is 0 Å². The first-order valence-electron chi connectivity index (χ1n) is 11.7. The average Bonchev–Trinajstić information content (AvgIpc) is 2.84. The average molecular weight is 595 g/mol. The number of hydrogen-bond donors (Lipinski definition) is 2. The van der Waals surface area contributed by atoms with Gasteiger partial charge in [-0.15, -0.1) is 26.3 Å². The Kier molecular flexibility index (Phi) is 8.87. The summed E-state index contributed by atoms with van der Waals surface area (Å²) < 4.78 is 126. The van der Waals surface area contributed by atoms with Crippen molar-refractivity contribution in [2.75, 3.05) is 6.54 Å². The molecule has 0 unspecified atom stereocenters. The number of carbonyl (C=O) groups is 1. The van der Waals surface area contributed by atoms with Gasteiger partial charge in [0.1, 0.15) is 11.5 Å². The van der Waals surface area contributed by atoms with Crippen LogP contribution < -0.4 is 14.8 Å². The summed E-state index contributed by atoms with van der Waals surface area (Å²) in [6, 6.07) is 16.4. The van der Waals surface area contributed by atoms with Gasteiger partial charge in [0.25, 0.3) is 5.91 Å². The number of hydrogen-bond acceptors (Lipinski definition) is 4. The van der Waals surface area contributed by atoms with E-state index >= 15 is 0 Å². The van der Waals surface area contributed by atoms with E-state index in [9.17, 15) is 49.4 Å². The fourth-order valence-corrected chi connectivity index (χ4v) is 4.10. The van der Waals surface area contributed by atoms with E-state index in [1.165, 1.54) is 12.1 Å². The van der Waals surface area contributed by atoms with Crippen molar-refractivity contribution in [3.05, 3.63) is 95.6 Å². The summed E-state index contributed by atoms with van der Waals surface area (Å²) in [4.78, 5) is 12.6. The summed E-state index contributed by atoms with van der Waals surface area (Å²) in [6.45, 7) is -0.602. The molecule has 1 amide bonds. The van der Waals surface area contributed by atoms with E-state index in [0.29, 0.717) is 5.56 Å². The van der Waals surface area contributed by atoms with Crippen LogP contribution in [-0.2, 0) is 16.6 Å². The molecule has 14 heteroatoms. The van der Waals surface area contributed by atoms with E-state index in [-0.39, 0.29) is 24.5 Å². The highest BCUT2D eigenvalue weighted by Gasteiger charge is 2.56. The van der Waals surface area contributed by atoms with Crippen LogP contribution in [0.4, 0.5) is 39.5 Å². The molecule has 222 valence electrons. The first kappa shape index (κ1) is 31.6. The maximum atomic E-state index is 13.4. The van der Waals surface area contributed by atoms with Crippen molar-refractivity contribution in [3.63, 3.8) is 0 Å². The fraction of sp³-hybridized carbons (Fsp3) is 0.296. The van der Waals surface area contributed by atoms with E-state index in [1.807, 2.05) is 5.32 Å². The van der Waals surface area contributed by atoms with Gasteiger partial charge in [0.05, 0.1) is 0 Å². The number of aliphatic hydroxyl groups is 1. The standard InChI is InChI=1S/C27H22F9NO4/c1-23(39,25(28,29)30)22(38)37-16-24(15-17-7-3-2-4-8-17,18-9-5-11-20(13-18)40-26(31,32)33)19-10-6-12-21(14-19)41-27(34,35)36/h2-14,39H,15-16H2,1H3,(H,37,38)/t23-/m0/s1. The predicted molar refractivity (Wildman–Crippen MR) is 127 cm³/mol. The summed E-state index contributed by atoms with van der Waals surface area (Å²) in [7, 11) is 0. The van der Waals surface area contributed by atoms with Crippen molar-refractivity contribution >= 4 is 5.91 Å². The lowest BCUT2D eigenvalue weighted by molar-refractivity contribution is -0.275. The molecule has 3 aromatic rings. The first-order valence-corrected chi connectivity index (χ1v) is 11.7. The molecular weight excluding hydrogens is 573 g/mol. The molecule has 3 rings (SSSR count). The van der Waals surface area contributed by atoms with Gasteiger partial charge in [0, 0.05) is 12.0 Å². The molecule has 1 atom stereocenters. The Morgan fingerprint density at radius 2 is 1.20 bits per heavy atom. The Morgan fingerprint density at radius 3 is 1.61 bits per heavy atom. The van der Waals surface area contributed by atoms with Crippen molar-refractivity contribution in [3.8, 4) is 11.5 Å². The van der Waals surface area contributed by atoms with E-state index in [2.05, 4.69) is 9.47 Å².